The number of allylic oxidation sites excluding steroid dienone is 1. The lowest BCUT2D eigenvalue weighted by atomic mass is 9.83. The van der Waals surface area contributed by atoms with Crippen molar-refractivity contribution in [3.8, 4) is 11.8 Å². The molecule has 4 rings (SSSR count). The maximum absolute atomic E-state index is 13.7. The van der Waals surface area contributed by atoms with Crippen LogP contribution in [0, 0.1) is 18.3 Å². The summed E-state index contributed by atoms with van der Waals surface area (Å²) in [6.07, 6.45) is 1.04. The molecule has 1 aromatic heterocycles. The molecule has 0 bridgehead atoms. The molecule has 1 aliphatic rings. The highest BCUT2D eigenvalue weighted by Crippen LogP contribution is 2.37. The number of rotatable bonds is 5. The van der Waals surface area contributed by atoms with Crippen LogP contribution in [-0.2, 0) is 14.3 Å². The Morgan fingerprint density at radius 3 is 2.39 bits per heavy atom. The number of fused-ring (bicyclic) bond motifs is 1. The molecule has 182 valence electrons. The molecule has 0 saturated heterocycles. The van der Waals surface area contributed by atoms with Gasteiger partial charge in [0.15, 0.2) is 0 Å². The third-order valence-corrected chi connectivity index (χ3v) is 6.83. The molecule has 0 aliphatic carbocycles. The Hall–Kier alpha value is -4.62. The Morgan fingerprint density at radius 1 is 1.14 bits per heavy atom. The molecule has 9 nitrogen and oxygen atoms in total. The largest absolute Gasteiger partial charge is 0.497 e. The first kappa shape index (κ1) is 24.5. The second-order valence-corrected chi connectivity index (χ2v) is 8.96. The Balaban J connectivity index is 2.02. The fourth-order valence-electron chi connectivity index (χ4n) is 3.90. The number of nitrogens with one attached hydrogen (secondary N) is 1. The van der Waals surface area contributed by atoms with E-state index in [4.69, 9.17) is 10.5 Å². The molecule has 0 spiro atoms. The van der Waals surface area contributed by atoms with Gasteiger partial charge >= 0.3 is 5.97 Å². The molecular formula is C26H22N4O5S. The Kier molecular flexibility index (Phi) is 6.76. The number of nitriles is 1. The summed E-state index contributed by atoms with van der Waals surface area (Å²) in [5.41, 5.74) is 8.05. The van der Waals surface area contributed by atoms with Crippen molar-refractivity contribution in [1.82, 2.24) is 4.57 Å². The molecule has 36 heavy (non-hydrogen) atoms. The number of esters is 1. The summed E-state index contributed by atoms with van der Waals surface area (Å²) in [5.74, 6) is -1.62. The van der Waals surface area contributed by atoms with Gasteiger partial charge in [0, 0.05) is 11.8 Å². The Morgan fingerprint density at radius 2 is 1.81 bits per heavy atom. The van der Waals surface area contributed by atoms with Gasteiger partial charge in [-0.2, -0.15) is 5.26 Å². The van der Waals surface area contributed by atoms with Crippen LogP contribution >= 0.6 is 11.3 Å². The van der Waals surface area contributed by atoms with Crippen molar-refractivity contribution in [2.45, 2.75) is 12.8 Å². The van der Waals surface area contributed by atoms with Crippen molar-refractivity contribution in [3.05, 3.63) is 84.8 Å². The van der Waals surface area contributed by atoms with Gasteiger partial charge in [0.1, 0.15) is 20.8 Å². The van der Waals surface area contributed by atoms with Crippen LogP contribution in [0.25, 0.3) is 17.5 Å². The van der Waals surface area contributed by atoms with Crippen molar-refractivity contribution in [2.75, 3.05) is 19.5 Å². The van der Waals surface area contributed by atoms with Gasteiger partial charge in [0.05, 0.1) is 37.4 Å². The van der Waals surface area contributed by atoms with Crippen LogP contribution in [0.2, 0.25) is 0 Å². The maximum Gasteiger partial charge on any atom is 0.332 e. The predicted octanol–water partition coefficient (Wildman–Crippen LogP) is 1.42. The van der Waals surface area contributed by atoms with Gasteiger partial charge in [-0.1, -0.05) is 29.8 Å². The zero-order valence-corrected chi connectivity index (χ0v) is 20.5. The first-order valence-electron chi connectivity index (χ1n) is 10.8. The third kappa shape index (κ3) is 4.39. The first-order chi connectivity index (χ1) is 17.3. The van der Waals surface area contributed by atoms with Crippen molar-refractivity contribution in [1.29, 1.82) is 5.26 Å². The van der Waals surface area contributed by atoms with E-state index in [1.54, 1.807) is 36.4 Å². The van der Waals surface area contributed by atoms with E-state index in [-0.39, 0.29) is 26.2 Å². The highest BCUT2D eigenvalue weighted by molar-refractivity contribution is 7.07. The number of nitrogens with zero attached hydrogens (tertiary/aromatic N) is 2. The number of benzene rings is 2. The van der Waals surface area contributed by atoms with E-state index in [9.17, 15) is 19.6 Å². The molecule has 1 amide bonds. The molecular weight excluding hydrogens is 480 g/mol. The molecule has 2 heterocycles. The number of methoxy groups -OCH3 is 2. The van der Waals surface area contributed by atoms with E-state index >= 15 is 0 Å². The summed E-state index contributed by atoms with van der Waals surface area (Å²) in [6, 6.07) is 16.2. The van der Waals surface area contributed by atoms with Gasteiger partial charge < -0.3 is 20.5 Å². The Labute approximate surface area is 210 Å². The molecule has 3 N–H and O–H groups in total. The highest BCUT2D eigenvalue weighted by atomic mass is 32.1. The minimum Gasteiger partial charge on any atom is -0.497 e. The van der Waals surface area contributed by atoms with Gasteiger partial charge in [-0.3, -0.25) is 14.2 Å². The average Bonchev–Trinajstić information content (AvgIpc) is 3.20. The number of carbonyl (C=O) groups is 2. The molecule has 1 unspecified atom stereocenters. The number of aromatic nitrogens is 1. The van der Waals surface area contributed by atoms with Crippen LogP contribution in [0.3, 0.4) is 0 Å². The summed E-state index contributed by atoms with van der Waals surface area (Å²) >= 11 is 0.925. The van der Waals surface area contributed by atoms with Crippen LogP contribution in [0.5, 0.6) is 5.75 Å². The van der Waals surface area contributed by atoms with Crippen molar-refractivity contribution in [2.24, 2.45) is 5.73 Å². The number of nitrogens with two attached hydrogens (primary N) is 1. The lowest BCUT2D eigenvalue weighted by molar-refractivity contribution is -0.133. The zero-order valence-electron chi connectivity index (χ0n) is 19.7. The second kappa shape index (κ2) is 9.93. The fraction of sp³-hybridized carbons (Fsp3) is 0.154. The lowest BCUT2D eigenvalue weighted by Gasteiger charge is -2.25. The van der Waals surface area contributed by atoms with Crippen LogP contribution in [0.4, 0.5) is 5.69 Å². The molecule has 2 aromatic carbocycles. The zero-order chi connectivity index (χ0) is 26.0. The maximum atomic E-state index is 13.7. The van der Waals surface area contributed by atoms with Gasteiger partial charge in [-0.05, 0) is 36.8 Å². The molecule has 0 saturated carbocycles. The number of hydrogen-bond donors (Lipinski definition) is 2. The van der Waals surface area contributed by atoms with Crippen LogP contribution in [0.15, 0.2) is 58.9 Å². The minimum atomic E-state index is -0.865. The summed E-state index contributed by atoms with van der Waals surface area (Å²) in [7, 11) is 2.72. The smallest absolute Gasteiger partial charge is 0.332 e. The van der Waals surface area contributed by atoms with E-state index in [1.165, 1.54) is 14.2 Å². The van der Waals surface area contributed by atoms with E-state index in [1.807, 2.05) is 19.1 Å². The highest BCUT2D eigenvalue weighted by Gasteiger charge is 2.35. The molecule has 1 atom stereocenters. The topological polar surface area (TPSA) is 136 Å². The minimum absolute atomic E-state index is 0.0214. The van der Waals surface area contributed by atoms with Crippen LogP contribution < -0.4 is 30.5 Å². The van der Waals surface area contributed by atoms with E-state index in [2.05, 4.69) is 16.1 Å². The number of aryl methyl sites for hydroxylation is 1. The van der Waals surface area contributed by atoms with Crippen LogP contribution in [0.1, 0.15) is 17.0 Å². The summed E-state index contributed by atoms with van der Waals surface area (Å²) < 4.78 is 11.2. The average molecular weight is 503 g/mol. The fourth-order valence-corrected chi connectivity index (χ4v) is 5.03. The number of ether oxygens (including phenoxy) is 2. The summed E-state index contributed by atoms with van der Waals surface area (Å²) in [5, 5.41) is 12.9. The van der Waals surface area contributed by atoms with Crippen molar-refractivity contribution < 1.29 is 19.1 Å². The van der Waals surface area contributed by atoms with Crippen molar-refractivity contribution >= 4 is 46.4 Å². The SMILES string of the molecule is COC(=O)C=c1sc2n(c1=O)C(N)=C(C#N)C(c1ccc(OC)cc1)C=2C(=O)Nc1ccc(C)cc1. The van der Waals surface area contributed by atoms with E-state index in [0.717, 1.165) is 27.5 Å². The van der Waals surface area contributed by atoms with Crippen molar-refractivity contribution in [3.63, 3.8) is 0 Å². The lowest BCUT2D eigenvalue weighted by Crippen LogP contribution is -2.40. The second-order valence-electron chi connectivity index (χ2n) is 7.93. The summed E-state index contributed by atoms with van der Waals surface area (Å²) in [4.78, 5) is 38.8. The first-order valence-corrected chi connectivity index (χ1v) is 11.6. The number of amides is 1. The van der Waals surface area contributed by atoms with Crippen LogP contribution in [-0.4, -0.2) is 30.7 Å². The molecule has 3 aromatic rings. The summed E-state index contributed by atoms with van der Waals surface area (Å²) in [6.45, 7) is 1.93. The Bertz CT molecular complexity index is 1610. The monoisotopic (exact) mass is 502 g/mol. The van der Waals surface area contributed by atoms with Gasteiger partial charge in [-0.15, -0.1) is 11.3 Å². The van der Waals surface area contributed by atoms with E-state index in [0.29, 0.717) is 17.0 Å². The molecule has 10 heteroatoms. The standard InChI is InChI=1S/C26H22N4O5S/c1-14-4-8-16(9-5-14)29-24(32)22-21(15-6-10-17(34-2)11-7-15)18(13-27)23(28)30-25(33)19(36-26(22)30)12-20(31)35-3/h4-12,21H,28H2,1-3H3,(H,29,32). The molecule has 0 fully saturated rings. The molecule has 0 radical (unpaired) electrons. The quantitative estimate of drug-likeness (QED) is 0.504. The van der Waals surface area contributed by atoms with Gasteiger partial charge in [-0.25, -0.2) is 4.79 Å². The van der Waals surface area contributed by atoms with Gasteiger partial charge in [0.25, 0.3) is 11.5 Å². The molecule has 1 aliphatic heterocycles. The van der Waals surface area contributed by atoms with Gasteiger partial charge in [0.2, 0.25) is 0 Å². The normalized spacial score (nSPS) is 15.2. The third-order valence-electron chi connectivity index (χ3n) is 5.72. The number of carbonyl (C=O) groups excluding carboxylic acids is 2. The predicted molar refractivity (Wildman–Crippen MR) is 136 cm³/mol. The van der Waals surface area contributed by atoms with E-state index < -0.39 is 23.4 Å². The number of anilines is 1. The number of hydrogen-bond acceptors (Lipinski definition) is 8. The number of thiazole rings is 1.